The van der Waals surface area contributed by atoms with Crippen LogP contribution in [0.15, 0.2) is 18.2 Å². The highest BCUT2D eigenvalue weighted by atomic mass is 16.5. The van der Waals surface area contributed by atoms with Crippen LogP contribution in [0, 0.1) is 0 Å². The van der Waals surface area contributed by atoms with Gasteiger partial charge in [0.15, 0.2) is 0 Å². The number of methoxy groups -OCH3 is 1. The van der Waals surface area contributed by atoms with E-state index in [1.165, 1.54) is 0 Å². The second-order valence-electron chi connectivity index (χ2n) is 5.13. The first-order valence-electron chi connectivity index (χ1n) is 6.96. The highest BCUT2D eigenvalue weighted by Gasteiger charge is 2.13. The average molecular weight is 277 g/mol. The topological polar surface area (TPSA) is 62.3 Å². The van der Waals surface area contributed by atoms with Crippen LogP contribution in [0.3, 0.4) is 0 Å². The molecule has 0 fully saturated rings. The van der Waals surface area contributed by atoms with Crippen molar-refractivity contribution in [3.05, 3.63) is 24.0 Å². The van der Waals surface area contributed by atoms with Gasteiger partial charge in [-0.25, -0.2) is 4.98 Å². The van der Waals surface area contributed by atoms with E-state index in [4.69, 9.17) is 20.2 Å². The van der Waals surface area contributed by atoms with E-state index in [9.17, 15) is 0 Å². The molecule has 0 aliphatic heterocycles. The molecule has 110 valence electrons. The third-order valence-corrected chi connectivity index (χ3v) is 3.21. The van der Waals surface area contributed by atoms with Crippen LogP contribution in [0.4, 0.5) is 5.69 Å². The molecular weight excluding hydrogens is 254 g/mol. The number of fused-ring (bicyclic) bond motifs is 1. The maximum atomic E-state index is 5.83. The zero-order valence-corrected chi connectivity index (χ0v) is 12.4. The Balaban J connectivity index is 2.18. The number of hydrogen-bond donors (Lipinski definition) is 1. The quantitative estimate of drug-likeness (QED) is 0.623. The Morgan fingerprint density at radius 1 is 1.25 bits per heavy atom. The van der Waals surface area contributed by atoms with Gasteiger partial charge in [0.1, 0.15) is 5.82 Å². The molecule has 0 amide bonds. The van der Waals surface area contributed by atoms with E-state index in [1.54, 1.807) is 7.11 Å². The van der Waals surface area contributed by atoms with Crippen LogP contribution < -0.4 is 5.73 Å². The van der Waals surface area contributed by atoms with E-state index < -0.39 is 0 Å². The number of nitrogens with zero attached hydrogens (tertiary/aromatic N) is 2. The Morgan fingerprint density at radius 2 is 2.05 bits per heavy atom. The highest BCUT2D eigenvalue weighted by molar-refractivity contribution is 5.79. The van der Waals surface area contributed by atoms with Gasteiger partial charge in [-0.15, -0.1) is 0 Å². The summed E-state index contributed by atoms with van der Waals surface area (Å²) < 4.78 is 12.7. The Hall–Kier alpha value is -1.59. The Labute approximate surface area is 119 Å². The van der Waals surface area contributed by atoms with Gasteiger partial charge in [-0.1, -0.05) is 13.8 Å². The minimum absolute atomic E-state index is 0.364. The lowest BCUT2D eigenvalue weighted by Crippen LogP contribution is -2.12. The zero-order chi connectivity index (χ0) is 14.5. The van der Waals surface area contributed by atoms with Crippen molar-refractivity contribution in [2.24, 2.45) is 0 Å². The van der Waals surface area contributed by atoms with Gasteiger partial charge < -0.3 is 19.8 Å². The summed E-state index contributed by atoms with van der Waals surface area (Å²) in [6, 6.07) is 5.86. The van der Waals surface area contributed by atoms with Crippen LogP contribution in [0.1, 0.15) is 25.6 Å². The second-order valence-corrected chi connectivity index (χ2v) is 5.13. The molecule has 2 N–H and O–H groups in total. The Bertz CT molecular complexity index is 563. The molecule has 0 radical (unpaired) electrons. The molecule has 0 bridgehead atoms. The fourth-order valence-electron chi connectivity index (χ4n) is 2.24. The molecule has 0 saturated heterocycles. The Morgan fingerprint density at radius 3 is 2.75 bits per heavy atom. The summed E-state index contributed by atoms with van der Waals surface area (Å²) >= 11 is 0. The van der Waals surface area contributed by atoms with Gasteiger partial charge >= 0.3 is 0 Å². The summed E-state index contributed by atoms with van der Waals surface area (Å²) in [4.78, 5) is 4.69. The van der Waals surface area contributed by atoms with Gasteiger partial charge in [0, 0.05) is 25.3 Å². The number of imidazole rings is 1. The molecular formula is C15H23N3O2. The first kappa shape index (κ1) is 14.8. The fraction of sp³-hybridized carbons (Fsp3) is 0.533. The van der Waals surface area contributed by atoms with Gasteiger partial charge in [-0.3, -0.25) is 0 Å². The SMILES string of the molecule is COCCOCCn1c(C(C)C)nc2cc(N)ccc21. The molecule has 5 heteroatoms. The van der Waals surface area contributed by atoms with Crippen molar-refractivity contribution in [1.82, 2.24) is 9.55 Å². The van der Waals surface area contributed by atoms with Crippen LogP contribution in [0.5, 0.6) is 0 Å². The lowest BCUT2D eigenvalue weighted by Gasteiger charge is -2.11. The van der Waals surface area contributed by atoms with Crippen molar-refractivity contribution in [3.63, 3.8) is 0 Å². The molecule has 1 aromatic carbocycles. The summed E-state index contributed by atoms with van der Waals surface area (Å²) in [5.74, 6) is 1.43. The molecule has 0 aliphatic rings. The van der Waals surface area contributed by atoms with Gasteiger partial charge in [0.25, 0.3) is 0 Å². The molecule has 0 aliphatic carbocycles. The normalized spacial score (nSPS) is 11.6. The molecule has 5 nitrogen and oxygen atoms in total. The molecule has 1 aromatic heterocycles. The first-order valence-corrected chi connectivity index (χ1v) is 6.96. The van der Waals surface area contributed by atoms with Gasteiger partial charge in [0.2, 0.25) is 0 Å². The predicted octanol–water partition coefficient (Wildman–Crippen LogP) is 2.40. The van der Waals surface area contributed by atoms with Crippen LogP contribution in [-0.2, 0) is 16.0 Å². The second kappa shape index (κ2) is 6.72. The molecule has 2 aromatic rings. The van der Waals surface area contributed by atoms with Crippen LogP contribution in [0.2, 0.25) is 0 Å². The number of hydrogen-bond acceptors (Lipinski definition) is 4. The maximum Gasteiger partial charge on any atom is 0.112 e. The summed E-state index contributed by atoms with van der Waals surface area (Å²) in [5.41, 5.74) is 8.63. The van der Waals surface area contributed by atoms with Gasteiger partial charge in [-0.2, -0.15) is 0 Å². The summed E-state index contributed by atoms with van der Waals surface area (Å²) in [6.45, 7) is 6.97. The number of aromatic nitrogens is 2. The number of benzene rings is 1. The van der Waals surface area contributed by atoms with E-state index in [0.29, 0.717) is 25.7 Å². The number of nitrogen functional groups attached to an aromatic ring is 1. The molecule has 20 heavy (non-hydrogen) atoms. The molecule has 2 rings (SSSR count). The highest BCUT2D eigenvalue weighted by Crippen LogP contribution is 2.23. The maximum absolute atomic E-state index is 5.83. The van der Waals surface area contributed by atoms with Crippen molar-refractivity contribution < 1.29 is 9.47 Å². The van der Waals surface area contributed by atoms with Crippen molar-refractivity contribution in [1.29, 1.82) is 0 Å². The molecule has 1 heterocycles. The van der Waals surface area contributed by atoms with E-state index in [0.717, 1.165) is 29.1 Å². The van der Waals surface area contributed by atoms with Crippen LogP contribution in [0.25, 0.3) is 11.0 Å². The lowest BCUT2D eigenvalue weighted by molar-refractivity contribution is 0.0666. The first-order chi connectivity index (χ1) is 9.63. The largest absolute Gasteiger partial charge is 0.399 e. The minimum atomic E-state index is 0.364. The van der Waals surface area contributed by atoms with Crippen molar-refractivity contribution in [3.8, 4) is 0 Å². The van der Waals surface area contributed by atoms with Crippen molar-refractivity contribution >= 4 is 16.7 Å². The predicted molar refractivity (Wildman–Crippen MR) is 80.9 cm³/mol. The molecule has 0 atom stereocenters. The molecule has 0 spiro atoms. The van der Waals surface area contributed by atoms with Crippen LogP contribution in [-0.4, -0.2) is 36.5 Å². The van der Waals surface area contributed by atoms with Gasteiger partial charge in [-0.05, 0) is 18.2 Å². The van der Waals surface area contributed by atoms with Crippen LogP contribution >= 0.6 is 0 Å². The van der Waals surface area contributed by atoms with E-state index in [2.05, 4.69) is 18.4 Å². The summed E-state index contributed by atoms with van der Waals surface area (Å²) in [5, 5.41) is 0. The van der Waals surface area contributed by atoms with E-state index in [1.807, 2.05) is 18.2 Å². The number of anilines is 1. The summed E-state index contributed by atoms with van der Waals surface area (Å²) in [6.07, 6.45) is 0. The number of rotatable bonds is 7. The summed E-state index contributed by atoms with van der Waals surface area (Å²) in [7, 11) is 1.67. The third kappa shape index (κ3) is 3.29. The third-order valence-electron chi connectivity index (χ3n) is 3.21. The number of nitrogens with two attached hydrogens (primary N) is 1. The molecule has 0 saturated carbocycles. The zero-order valence-electron chi connectivity index (χ0n) is 12.4. The monoisotopic (exact) mass is 277 g/mol. The van der Waals surface area contributed by atoms with Crippen molar-refractivity contribution in [2.75, 3.05) is 32.7 Å². The standard InChI is InChI=1S/C15H23N3O2/c1-11(2)15-17-13-10-12(16)4-5-14(13)18(15)6-7-20-9-8-19-3/h4-5,10-11H,6-9,16H2,1-3H3. The van der Waals surface area contributed by atoms with Gasteiger partial charge in [0.05, 0.1) is 30.9 Å². The Kier molecular flexibility index (Phi) is 4.98. The lowest BCUT2D eigenvalue weighted by atomic mass is 10.2. The van der Waals surface area contributed by atoms with E-state index >= 15 is 0 Å². The van der Waals surface area contributed by atoms with Crippen molar-refractivity contribution in [2.45, 2.75) is 26.3 Å². The molecule has 0 unspecified atom stereocenters. The van der Waals surface area contributed by atoms with E-state index in [-0.39, 0.29) is 0 Å². The minimum Gasteiger partial charge on any atom is -0.399 e. The number of ether oxygens (including phenoxy) is 2. The smallest absolute Gasteiger partial charge is 0.112 e. The average Bonchev–Trinajstić information content (AvgIpc) is 2.76. The fourth-order valence-corrected chi connectivity index (χ4v) is 2.24.